The molecule has 0 radical (unpaired) electrons. The molecule has 2 aromatic carbocycles. The van der Waals surface area contributed by atoms with Crippen LogP contribution in [0.1, 0.15) is 20.8 Å². The molecule has 0 aliphatic heterocycles. The predicted molar refractivity (Wildman–Crippen MR) is 97.9 cm³/mol. The lowest BCUT2D eigenvalue weighted by atomic mass is 10.2. The predicted octanol–water partition coefficient (Wildman–Crippen LogP) is 4.70. The Hall–Kier alpha value is -2.07. The second kappa shape index (κ2) is 7.80. The Bertz CT molecular complexity index is 613. The monoisotopic (exact) mass is 314 g/mol. The first kappa shape index (κ1) is 16.3. The molecule has 0 aliphatic rings. The Morgan fingerprint density at radius 2 is 1.73 bits per heavy atom. The van der Waals surface area contributed by atoms with Crippen LogP contribution < -0.4 is 15.0 Å². The van der Waals surface area contributed by atoms with Gasteiger partial charge in [-0.1, -0.05) is 30.3 Å². The van der Waals surface area contributed by atoms with Crippen LogP contribution in [0.25, 0.3) is 0 Å². The van der Waals surface area contributed by atoms with E-state index in [1.165, 1.54) is 0 Å². The fraction of sp³-hybridized carbons (Fsp3) is 0.278. The summed E-state index contributed by atoms with van der Waals surface area (Å²) in [6.45, 7) is 6.84. The lowest BCUT2D eigenvalue weighted by molar-refractivity contribution is 0.342. The second-order valence-corrected chi connectivity index (χ2v) is 5.55. The zero-order valence-electron chi connectivity index (χ0n) is 13.2. The minimum Gasteiger partial charge on any atom is -0.492 e. The van der Waals surface area contributed by atoms with Crippen molar-refractivity contribution in [2.45, 2.75) is 26.8 Å². The van der Waals surface area contributed by atoms with Crippen molar-refractivity contribution in [3.05, 3.63) is 54.6 Å². The van der Waals surface area contributed by atoms with Crippen molar-refractivity contribution in [1.82, 2.24) is 0 Å². The Labute approximate surface area is 137 Å². The lowest BCUT2D eigenvalue weighted by Crippen LogP contribution is -2.40. The molecule has 4 heteroatoms. The molecule has 0 aromatic heterocycles. The van der Waals surface area contributed by atoms with Crippen LogP contribution in [0.2, 0.25) is 0 Å². The summed E-state index contributed by atoms with van der Waals surface area (Å²) in [6, 6.07) is 18.2. The standard InChI is InChI=1S/C18H22N2OS/c1-4-21-17-13-9-8-12-16(17)19-18(22)20(14(2)3)15-10-6-5-7-11-15/h5-14H,4H2,1-3H3,(H,19,22). The Morgan fingerprint density at radius 3 is 2.36 bits per heavy atom. The number of para-hydroxylation sites is 3. The van der Waals surface area contributed by atoms with Gasteiger partial charge in [0.25, 0.3) is 0 Å². The van der Waals surface area contributed by atoms with Gasteiger partial charge in [0, 0.05) is 11.7 Å². The summed E-state index contributed by atoms with van der Waals surface area (Å²) in [4.78, 5) is 2.10. The number of nitrogens with zero attached hydrogens (tertiary/aromatic N) is 1. The number of hydrogen-bond acceptors (Lipinski definition) is 2. The topological polar surface area (TPSA) is 24.5 Å². The van der Waals surface area contributed by atoms with Crippen molar-refractivity contribution in [2.75, 3.05) is 16.8 Å². The van der Waals surface area contributed by atoms with Crippen LogP contribution in [0.4, 0.5) is 11.4 Å². The van der Waals surface area contributed by atoms with Gasteiger partial charge >= 0.3 is 0 Å². The maximum atomic E-state index is 5.64. The average molecular weight is 314 g/mol. The van der Waals surface area contributed by atoms with Crippen molar-refractivity contribution in [3.8, 4) is 5.75 Å². The smallest absolute Gasteiger partial charge is 0.178 e. The van der Waals surface area contributed by atoms with E-state index in [-0.39, 0.29) is 6.04 Å². The first-order valence-corrected chi connectivity index (χ1v) is 7.91. The fourth-order valence-corrected chi connectivity index (χ4v) is 2.69. The van der Waals surface area contributed by atoms with E-state index in [4.69, 9.17) is 17.0 Å². The molecular formula is C18H22N2OS. The van der Waals surface area contributed by atoms with Crippen molar-refractivity contribution in [3.63, 3.8) is 0 Å². The van der Waals surface area contributed by atoms with E-state index >= 15 is 0 Å². The van der Waals surface area contributed by atoms with Gasteiger partial charge in [-0.3, -0.25) is 0 Å². The summed E-state index contributed by atoms with van der Waals surface area (Å²) in [7, 11) is 0. The molecule has 0 saturated heterocycles. The zero-order valence-corrected chi connectivity index (χ0v) is 14.1. The molecule has 0 spiro atoms. The molecule has 0 aliphatic carbocycles. The third kappa shape index (κ3) is 3.98. The number of thiocarbonyl (C=S) groups is 1. The van der Waals surface area contributed by atoms with Crippen molar-refractivity contribution < 1.29 is 4.74 Å². The van der Waals surface area contributed by atoms with E-state index in [1.807, 2.05) is 49.4 Å². The van der Waals surface area contributed by atoms with Gasteiger partial charge in [0.05, 0.1) is 12.3 Å². The van der Waals surface area contributed by atoms with Crippen molar-refractivity contribution >= 4 is 28.7 Å². The van der Waals surface area contributed by atoms with Gasteiger partial charge in [0.1, 0.15) is 5.75 Å². The molecular weight excluding hydrogens is 292 g/mol. The van der Waals surface area contributed by atoms with Crippen molar-refractivity contribution in [1.29, 1.82) is 0 Å². The second-order valence-electron chi connectivity index (χ2n) is 5.16. The van der Waals surface area contributed by atoms with Gasteiger partial charge in [-0.15, -0.1) is 0 Å². The minimum atomic E-state index is 0.252. The van der Waals surface area contributed by atoms with Gasteiger partial charge in [0.15, 0.2) is 5.11 Å². The van der Waals surface area contributed by atoms with Crippen LogP contribution in [0.5, 0.6) is 5.75 Å². The molecule has 0 heterocycles. The third-order valence-corrected chi connectivity index (χ3v) is 3.50. The van der Waals surface area contributed by atoms with Crippen LogP contribution in [-0.2, 0) is 0 Å². The van der Waals surface area contributed by atoms with Crippen molar-refractivity contribution in [2.24, 2.45) is 0 Å². The molecule has 0 amide bonds. The van der Waals surface area contributed by atoms with E-state index in [9.17, 15) is 0 Å². The van der Waals surface area contributed by atoms with Crippen LogP contribution >= 0.6 is 12.2 Å². The summed E-state index contributed by atoms with van der Waals surface area (Å²) < 4.78 is 5.64. The molecule has 1 N–H and O–H groups in total. The summed E-state index contributed by atoms with van der Waals surface area (Å²) in [6.07, 6.45) is 0. The number of rotatable bonds is 5. The highest BCUT2D eigenvalue weighted by molar-refractivity contribution is 7.80. The molecule has 2 rings (SSSR count). The van der Waals surface area contributed by atoms with E-state index in [0.29, 0.717) is 11.7 Å². The fourth-order valence-electron chi connectivity index (χ4n) is 2.27. The van der Waals surface area contributed by atoms with Crippen LogP contribution in [0.3, 0.4) is 0 Å². The van der Waals surface area contributed by atoms with Gasteiger partial charge in [0.2, 0.25) is 0 Å². The molecule has 0 saturated carbocycles. The Kier molecular flexibility index (Phi) is 5.78. The van der Waals surface area contributed by atoms with Crippen LogP contribution in [0, 0.1) is 0 Å². The first-order chi connectivity index (χ1) is 10.6. The number of anilines is 2. The zero-order chi connectivity index (χ0) is 15.9. The highest BCUT2D eigenvalue weighted by Crippen LogP contribution is 2.25. The van der Waals surface area contributed by atoms with Crippen LogP contribution in [0.15, 0.2) is 54.6 Å². The quantitative estimate of drug-likeness (QED) is 0.809. The van der Waals surface area contributed by atoms with Crippen LogP contribution in [-0.4, -0.2) is 17.8 Å². The molecule has 0 fully saturated rings. The van der Waals surface area contributed by atoms with E-state index < -0.39 is 0 Å². The minimum absolute atomic E-state index is 0.252. The first-order valence-electron chi connectivity index (χ1n) is 7.50. The summed E-state index contributed by atoms with van der Waals surface area (Å²) in [5.74, 6) is 0.809. The highest BCUT2D eigenvalue weighted by Gasteiger charge is 2.16. The van der Waals surface area contributed by atoms with Gasteiger partial charge < -0.3 is 15.0 Å². The van der Waals surface area contributed by atoms with Gasteiger partial charge in [-0.05, 0) is 57.3 Å². The average Bonchev–Trinajstić information content (AvgIpc) is 2.50. The maximum Gasteiger partial charge on any atom is 0.178 e. The summed E-state index contributed by atoms with van der Waals surface area (Å²) in [5.41, 5.74) is 1.96. The normalized spacial score (nSPS) is 10.4. The van der Waals surface area contributed by atoms with E-state index in [2.05, 4.69) is 36.2 Å². The molecule has 116 valence electrons. The van der Waals surface area contributed by atoms with E-state index in [0.717, 1.165) is 17.1 Å². The Morgan fingerprint density at radius 1 is 1.09 bits per heavy atom. The number of ether oxygens (including phenoxy) is 1. The number of hydrogen-bond donors (Lipinski definition) is 1. The lowest BCUT2D eigenvalue weighted by Gasteiger charge is -2.30. The molecule has 0 bridgehead atoms. The SMILES string of the molecule is CCOc1ccccc1NC(=S)N(c1ccccc1)C(C)C. The van der Waals surface area contributed by atoms with Gasteiger partial charge in [-0.25, -0.2) is 0 Å². The number of nitrogens with one attached hydrogen (secondary N) is 1. The Balaban J connectivity index is 2.23. The molecule has 3 nitrogen and oxygen atoms in total. The summed E-state index contributed by atoms with van der Waals surface area (Å²) >= 11 is 5.62. The molecule has 0 unspecified atom stereocenters. The molecule has 0 atom stereocenters. The van der Waals surface area contributed by atoms with E-state index in [1.54, 1.807) is 0 Å². The number of benzene rings is 2. The largest absolute Gasteiger partial charge is 0.492 e. The van der Waals surface area contributed by atoms with Gasteiger partial charge in [-0.2, -0.15) is 0 Å². The molecule has 22 heavy (non-hydrogen) atoms. The maximum absolute atomic E-state index is 5.64. The molecule has 2 aromatic rings. The highest BCUT2D eigenvalue weighted by atomic mass is 32.1. The third-order valence-electron chi connectivity index (χ3n) is 3.20. The summed E-state index contributed by atoms with van der Waals surface area (Å²) in [5, 5.41) is 3.97.